The van der Waals surface area contributed by atoms with Crippen LogP contribution in [0.25, 0.3) is 0 Å². The van der Waals surface area contributed by atoms with Crippen molar-refractivity contribution in [2.24, 2.45) is 5.73 Å². The number of amides is 2. The minimum Gasteiger partial charge on any atom is -0.368 e. The second-order valence-corrected chi connectivity index (χ2v) is 6.98. The Labute approximate surface area is 155 Å². The third-order valence-corrected chi connectivity index (χ3v) is 4.73. The van der Waals surface area contributed by atoms with E-state index >= 15 is 0 Å². The van der Waals surface area contributed by atoms with Gasteiger partial charge in [-0.05, 0) is 58.5 Å². The number of benzene rings is 2. The van der Waals surface area contributed by atoms with Crippen LogP contribution in [-0.4, -0.2) is 23.8 Å². The van der Waals surface area contributed by atoms with Crippen molar-refractivity contribution in [3.05, 3.63) is 67.5 Å². The Morgan fingerprint density at radius 2 is 1.96 bits per heavy atom. The SMILES string of the molecule is CN(C(=O)c1cc(Br)ccc1I)C(C(N)=O)c1cccc(F)c1. The van der Waals surface area contributed by atoms with Gasteiger partial charge in [-0.1, -0.05) is 28.1 Å². The average Bonchev–Trinajstić information content (AvgIpc) is 2.49. The molecule has 7 heteroatoms. The van der Waals surface area contributed by atoms with Crippen LogP contribution in [0.5, 0.6) is 0 Å². The van der Waals surface area contributed by atoms with Crippen molar-refractivity contribution in [1.29, 1.82) is 0 Å². The molecule has 2 aromatic rings. The van der Waals surface area contributed by atoms with E-state index in [1.807, 2.05) is 28.7 Å². The quantitative estimate of drug-likeness (QED) is 0.667. The molecular formula is C16H13BrFIN2O2. The molecule has 0 aliphatic rings. The molecule has 0 aliphatic carbocycles. The van der Waals surface area contributed by atoms with Crippen molar-refractivity contribution in [2.45, 2.75) is 6.04 Å². The lowest BCUT2D eigenvalue weighted by molar-refractivity contribution is -0.122. The highest BCUT2D eigenvalue weighted by atomic mass is 127. The number of likely N-dealkylation sites (N-methyl/N-ethyl adjacent to an activating group) is 1. The van der Waals surface area contributed by atoms with Gasteiger partial charge in [-0.25, -0.2) is 4.39 Å². The molecule has 1 atom stereocenters. The molecule has 2 rings (SSSR count). The highest BCUT2D eigenvalue weighted by Crippen LogP contribution is 2.25. The van der Waals surface area contributed by atoms with E-state index in [9.17, 15) is 14.0 Å². The summed E-state index contributed by atoms with van der Waals surface area (Å²) in [5, 5.41) is 0. The molecule has 2 N–H and O–H groups in total. The Morgan fingerprint density at radius 1 is 1.26 bits per heavy atom. The number of carbonyl (C=O) groups excluding carboxylic acids is 2. The van der Waals surface area contributed by atoms with Gasteiger partial charge in [0.2, 0.25) is 5.91 Å². The molecule has 23 heavy (non-hydrogen) atoms. The number of primary amides is 1. The van der Waals surface area contributed by atoms with Gasteiger partial charge >= 0.3 is 0 Å². The van der Waals surface area contributed by atoms with Crippen molar-refractivity contribution in [1.82, 2.24) is 4.90 Å². The standard InChI is InChI=1S/C16H13BrFIN2O2/c1-21(16(23)12-8-10(17)5-6-13(12)19)14(15(20)22)9-3-2-4-11(18)7-9/h2-8,14H,1H3,(H2,20,22). The summed E-state index contributed by atoms with van der Waals surface area (Å²) in [5.74, 6) is -1.59. The van der Waals surface area contributed by atoms with Gasteiger partial charge in [0.25, 0.3) is 5.91 Å². The van der Waals surface area contributed by atoms with Crippen LogP contribution in [0.1, 0.15) is 22.0 Å². The van der Waals surface area contributed by atoms with Crippen LogP contribution in [-0.2, 0) is 4.79 Å². The molecule has 0 saturated carbocycles. The molecule has 120 valence electrons. The molecular weight excluding hydrogens is 478 g/mol. The zero-order valence-electron chi connectivity index (χ0n) is 12.1. The summed E-state index contributed by atoms with van der Waals surface area (Å²) in [6, 6.07) is 9.73. The summed E-state index contributed by atoms with van der Waals surface area (Å²) in [4.78, 5) is 25.8. The maximum Gasteiger partial charge on any atom is 0.255 e. The molecule has 0 aliphatic heterocycles. The molecule has 0 radical (unpaired) electrons. The lowest BCUT2D eigenvalue weighted by atomic mass is 10.0. The zero-order chi connectivity index (χ0) is 17.1. The van der Waals surface area contributed by atoms with Crippen LogP contribution in [0.3, 0.4) is 0 Å². The lowest BCUT2D eigenvalue weighted by Crippen LogP contribution is -2.39. The number of nitrogens with two attached hydrogens (primary N) is 1. The molecule has 0 heterocycles. The lowest BCUT2D eigenvalue weighted by Gasteiger charge is -2.26. The Balaban J connectivity index is 2.42. The maximum absolute atomic E-state index is 13.4. The van der Waals surface area contributed by atoms with Gasteiger partial charge in [0.05, 0.1) is 5.56 Å². The predicted molar refractivity (Wildman–Crippen MR) is 97.3 cm³/mol. The third kappa shape index (κ3) is 4.08. The maximum atomic E-state index is 13.4. The number of carbonyl (C=O) groups is 2. The first-order valence-corrected chi connectivity index (χ1v) is 8.45. The van der Waals surface area contributed by atoms with E-state index in [2.05, 4.69) is 15.9 Å². The number of nitrogens with zero attached hydrogens (tertiary/aromatic N) is 1. The first-order valence-electron chi connectivity index (χ1n) is 6.58. The molecule has 0 saturated heterocycles. The molecule has 2 amide bonds. The van der Waals surface area contributed by atoms with Crippen LogP contribution in [0.15, 0.2) is 46.9 Å². The minimum absolute atomic E-state index is 0.332. The first kappa shape index (κ1) is 17.9. The molecule has 2 aromatic carbocycles. The van der Waals surface area contributed by atoms with E-state index in [1.165, 1.54) is 30.1 Å². The van der Waals surface area contributed by atoms with Crippen molar-refractivity contribution < 1.29 is 14.0 Å². The Bertz CT molecular complexity index is 769. The number of rotatable bonds is 4. The smallest absolute Gasteiger partial charge is 0.255 e. The Morgan fingerprint density at radius 3 is 2.57 bits per heavy atom. The van der Waals surface area contributed by atoms with Gasteiger partial charge in [0.15, 0.2) is 0 Å². The fourth-order valence-electron chi connectivity index (χ4n) is 2.22. The number of hydrogen-bond acceptors (Lipinski definition) is 2. The van der Waals surface area contributed by atoms with Crippen LogP contribution in [0.4, 0.5) is 4.39 Å². The van der Waals surface area contributed by atoms with E-state index < -0.39 is 17.8 Å². The third-order valence-electron chi connectivity index (χ3n) is 3.30. The van der Waals surface area contributed by atoms with E-state index in [1.54, 1.807) is 18.2 Å². The van der Waals surface area contributed by atoms with Gasteiger partial charge in [-0.3, -0.25) is 9.59 Å². The zero-order valence-corrected chi connectivity index (χ0v) is 15.8. The van der Waals surface area contributed by atoms with Crippen LogP contribution in [0.2, 0.25) is 0 Å². The summed E-state index contributed by atoms with van der Waals surface area (Å²) >= 11 is 5.36. The van der Waals surface area contributed by atoms with Crippen LogP contribution < -0.4 is 5.73 Å². The van der Waals surface area contributed by atoms with Crippen LogP contribution in [0, 0.1) is 9.39 Å². The number of halogens is 3. The highest BCUT2D eigenvalue weighted by Gasteiger charge is 2.28. The van der Waals surface area contributed by atoms with Crippen molar-refractivity contribution >= 4 is 50.3 Å². The fourth-order valence-corrected chi connectivity index (χ4v) is 3.15. The molecule has 0 fully saturated rings. The van der Waals surface area contributed by atoms with Gasteiger partial charge in [0, 0.05) is 15.1 Å². The minimum atomic E-state index is -1.05. The van der Waals surface area contributed by atoms with E-state index in [0.717, 1.165) is 8.04 Å². The van der Waals surface area contributed by atoms with Crippen molar-refractivity contribution in [3.63, 3.8) is 0 Å². The van der Waals surface area contributed by atoms with E-state index in [0.29, 0.717) is 11.1 Å². The van der Waals surface area contributed by atoms with Crippen LogP contribution >= 0.6 is 38.5 Å². The second-order valence-electron chi connectivity index (χ2n) is 4.90. The molecule has 0 bridgehead atoms. The summed E-state index contributed by atoms with van der Waals surface area (Å²) in [5.41, 5.74) is 6.20. The van der Waals surface area contributed by atoms with Crippen molar-refractivity contribution in [3.8, 4) is 0 Å². The fraction of sp³-hybridized carbons (Fsp3) is 0.125. The molecule has 1 unspecified atom stereocenters. The molecule has 0 spiro atoms. The number of hydrogen-bond donors (Lipinski definition) is 1. The normalized spacial score (nSPS) is 11.8. The summed E-state index contributed by atoms with van der Waals surface area (Å²) in [7, 11) is 1.47. The summed E-state index contributed by atoms with van der Waals surface area (Å²) in [6.07, 6.45) is 0. The Kier molecular flexibility index (Phi) is 5.74. The highest BCUT2D eigenvalue weighted by molar-refractivity contribution is 14.1. The predicted octanol–water partition coefficient (Wildman–Crippen LogP) is 3.49. The van der Waals surface area contributed by atoms with E-state index in [-0.39, 0.29) is 5.91 Å². The Hall–Kier alpha value is -1.48. The summed E-state index contributed by atoms with van der Waals surface area (Å²) in [6.45, 7) is 0. The van der Waals surface area contributed by atoms with Crippen molar-refractivity contribution in [2.75, 3.05) is 7.05 Å². The second kappa shape index (κ2) is 7.39. The summed E-state index contributed by atoms with van der Waals surface area (Å²) < 4.78 is 14.9. The van der Waals surface area contributed by atoms with Gasteiger partial charge in [0.1, 0.15) is 11.9 Å². The van der Waals surface area contributed by atoms with E-state index in [4.69, 9.17) is 5.73 Å². The molecule has 4 nitrogen and oxygen atoms in total. The van der Waals surface area contributed by atoms with Gasteiger partial charge in [-0.2, -0.15) is 0 Å². The monoisotopic (exact) mass is 490 g/mol. The average molecular weight is 491 g/mol. The van der Waals surface area contributed by atoms with Gasteiger partial charge < -0.3 is 10.6 Å². The molecule has 0 aromatic heterocycles. The largest absolute Gasteiger partial charge is 0.368 e. The van der Waals surface area contributed by atoms with Gasteiger partial charge in [-0.15, -0.1) is 0 Å². The topological polar surface area (TPSA) is 63.4 Å². The first-order chi connectivity index (χ1) is 10.8.